The van der Waals surface area contributed by atoms with E-state index in [0.29, 0.717) is 0 Å². The van der Waals surface area contributed by atoms with Crippen LogP contribution in [-0.4, -0.2) is 11.2 Å². The molecular formula is C8H13BrO. The Kier molecular flexibility index (Phi) is 2.21. The molecule has 1 aliphatic carbocycles. The van der Waals surface area contributed by atoms with Crippen molar-refractivity contribution in [3.63, 3.8) is 0 Å². The van der Waals surface area contributed by atoms with Crippen molar-refractivity contribution in [2.24, 2.45) is 5.41 Å². The predicted octanol–water partition coefficient (Wildman–Crippen LogP) is 2.45. The van der Waals surface area contributed by atoms with Gasteiger partial charge in [0, 0.05) is 0 Å². The van der Waals surface area contributed by atoms with Gasteiger partial charge in [0.2, 0.25) is 0 Å². The van der Waals surface area contributed by atoms with Gasteiger partial charge in [-0.05, 0) is 28.8 Å². The summed E-state index contributed by atoms with van der Waals surface area (Å²) in [6.07, 6.45) is 3.55. The third-order valence-corrected chi connectivity index (χ3v) is 2.33. The normalized spacial score (nSPS) is 31.6. The topological polar surface area (TPSA) is 20.2 Å². The molecule has 10 heavy (non-hydrogen) atoms. The Hall–Kier alpha value is 0.180. The van der Waals surface area contributed by atoms with E-state index in [0.717, 1.165) is 17.3 Å². The van der Waals surface area contributed by atoms with Crippen molar-refractivity contribution in [2.75, 3.05) is 0 Å². The monoisotopic (exact) mass is 204 g/mol. The van der Waals surface area contributed by atoms with Gasteiger partial charge in [-0.2, -0.15) is 0 Å². The third kappa shape index (κ3) is 2.10. The molecule has 1 atom stereocenters. The summed E-state index contributed by atoms with van der Waals surface area (Å²) in [5.74, 6) is 0. The van der Waals surface area contributed by atoms with Crippen LogP contribution in [0.4, 0.5) is 0 Å². The minimum Gasteiger partial charge on any atom is -0.389 e. The van der Waals surface area contributed by atoms with E-state index in [9.17, 15) is 5.11 Å². The van der Waals surface area contributed by atoms with Crippen LogP contribution in [-0.2, 0) is 0 Å². The molecule has 0 spiro atoms. The summed E-state index contributed by atoms with van der Waals surface area (Å²) in [6.45, 7) is 4.34. The van der Waals surface area contributed by atoms with Gasteiger partial charge in [0.15, 0.2) is 0 Å². The molecule has 1 N–H and O–H groups in total. The van der Waals surface area contributed by atoms with E-state index in [2.05, 4.69) is 29.8 Å². The first-order valence-corrected chi connectivity index (χ1v) is 4.33. The number of rotatable bonds is 0. The van der Waals surface area contributed by atoms with Crippen molar-refractivity contribution in [3.05, 3.63) is 10.6 Å². The van der Waals surface area contributed by atoms with E-state index in [1.807, 2.05) is 6.08 Å². The van der Waals surface area contributed by atoms with Gasteiger partial charge >= 0.3 is 0 Å². The van der Waals surface area contributed by atoms with Crippen LogP contribution in [0.15, 0.2) is 10.6 Å². The highest BCUT2D eigenvalue weighted by molar-refractivity contribution is 9.11. The summed E-state index contributed by atoms with van der Waals surface area (Å²) in [5.41, 5.74) is 0.257. The molecular weight excluding hydrogens is 192 g/mol. The number of hydrogen-bond donors (Lipinski definition) is 1. The zero-order valence-corrected chi connectivity index (χ0v) is 7.98. The first kappa shape index (κ1) is 8.28. The molecule has 58 valence electrons. The smallest absolute Gasteiger partial charge is 0.0736 e. The zero-order valence-electron chi connectivity index (χ0n) is 6.39. The van der Waals surface area contributed by atoms with Crippen molar-refractivity contribution in [2.45, 2.75) is 32.8 Å². The summed E-state index contributed by atoms with van der Waals surface area (Å²) in [4.78, 5) is 0. The van der Waals surface area contributed by atoms with Gasteiger partial charge in [0.1, 0.15) is 0 Å². The molecule has 0 radical (unpaired) electrons. The van der Waals surface area contributed by atoms with Gasteiger partial charge < -0.3 is 5.11 Å². The number of aliphatic hydroxyl groups is 1. The molecule has 1 rings (SSSR count). The largest absolute Gasteiger partial charge is 0.389 e. The van der Waals surface area contributed by atoms with E-state index >= 15 is 0 Å². The second-order valence-corrected chi connectivity index (χ2v) is 4.74. The predicted molar refractivity (Wildman–Crippen MR) is 46.0 cm³/mol. The maximum atomic E-state index is 9.31. The van der Waals surface area contributed by atoms with Gasteiger partial charge in [-0.1, -0.05) is 29.8 Å². The quantitative estimate of drug-likeness (QED) is 0.643. The van der Waals surface area contributed by atoms with Crippen LogP contribution >= 0.6 is 15.9 Å². The van der Waals surface area contributed by atoms with Crippen LogP contribution < -0.4 is 0 Å². The molecule has 1 aliphatic rings. The fourth-order valence-corrected chi connectivity index (χ4v) is 2.49. The summed E-state index contributed by atoms with van der Waals surface area (Å²) in [7, 11) is 0. The molecule has 1 nitrogen and oxygen atoms in total. The SMILES string of the molecule is CC1(C)CC(Br)=CC(O)C1. The highest BCUT2D eigenvalue weighted by atomic mass is 79.9. The van der Waals surface area contributed by atoms with Gasteiger partial charge in [-0.25, -0.2) is 0 Å². The molecule has 0 fully saturated rings. The first-order chi connectivity index (χ1) is 4.49. The highest BCUT2D eigenvalue weighted by Gasteiger charge is 2.26. The van der Waals surface area contributed by atoms with E-state index in [4.69, 9.17) is 0 Å². The minimum absolute atomic E-state index is 0.252. The van der Waals surface area contributed by atoms with E-state index in [-0.39, 0.29) is 11.5 Å². The summed E-state index contributed by atoms with van der Waals surface area (Å²) >= 11 is 3.41. The summed E-state index contributed by atoms with van der Waals surface area (Å²) in [6, 6.07) is 0. The molecule has 0 saturated carbocycles. The number of allylic oxidation sites excluding steroid dienone is 1. The van der Waals surface area contributed by atoms with Gasteiger partial charge in [-0.3, -0.25) is 0 Å². The van der Waals surface area contributed by atoms with Gasteiger partial charge in [0.25, 0.3) is 0 Å². The second-order valence-electron chi connectivity index (χ2n) is 3.73. The Labute approximate surface area is 70.3 Å². The van der Waals surface area contributed by atoms with Gasteiger partial charge in [-0.15, -0.1) is 0 Å². The molecule has 0 aromatic rings. The fraction of sp³-hybridized carbons (Fsp3) is 0.750. The average molecular weight is 205 g/mol. The lowest BCUT2D eigenvalue weighted by molar-refractivity contribution is 0.142. The van der Waals surface area contributed by atoms with E-state index < -0.39 is 0 Å². The van der Waals surface area contributed by atoms with Crippen LogP contribution in [0.25, 0.3) is 0 Å². The van der Waals surface area contributed by atoms with E-state index in [1.54, 1.807) is 0 Å². The maximum Gasteiger partial charge on any atom is 0.0736 e. The first-order valence-electron chi connectivity index (χ1n) is 3.54. The van der Waals surface area contributed by atoms with Gasteiger partial charge in [0.05, 0.1) is 6.10 Å². The van der Waals surface area contributed by atoms with Crippen LogP contribution in [0.5, 0.6) is 0 Å². The maximum absolute atomic E-state index is 9.31. The van der Waals surface area contributed by atoms with Crippen molar-refractivity contribution in [1.29, 1.82) is 0 Å². The molecule has 0 bridgehead atoms. The third-order valence-electron chi connectivity index (χ3n) is 1.78. The Morgan fingerprint density at radius 2 is 2.30 bits per heavy atom. The van der Waals surface area contributed by atoms with Crippen LogP contribution in [0.3, 0.4) is 0 Å². The Morgan fingerprint density at radius 3 is 2.70 bits per heavy atom. The number of aliphatic hydroxyl groups excluding tert-OH is 1. The van der Waals surface area contributed by atoms with Crippen molar-refractivity contribution in [1.82, 2.24) is 0 Å². The molecule has 0 aliphatic heterocycles. The average Bonchev–Trinajstić information content (AvgIpc) is 1.54. The molecule has 0 amide bonds. The van der Waals surface area contributed by atoms with Crippen LogP contribution in [0.1, 0.15) is 26.7 Å². The Morgan fingerprint density at radius 1 is 1.70 bits per heavy atom. The molecule has 0 heterocycles. The van der Waals surface area contributed by atoms with Crippen LogP contribution in [0.2, 0.25) is 0 Å². The zero-order chi connectivity index (χ0) is 7.78. The van der Waals surface area contributed by atoms with Crippen molar-refractivity contribution >= 4 is 15.9 Å². The lowest BCUT2D eigenvalue weighted by Crippen LogP contribution is -2.23. The molecule has 0 aromatic heterocycles. The minimum atomic E-state index is -0.252. The van der Waals surface area contributed by atoms with E-state index in [1.165, 1.54) is 0 Å². The van der Waals surface area contributed by atoms with Crippen molar-refractivity contribution in [3.8, 4) is 0 Å². The lowest BCUT2D eigenvalue weighted by atomic mass is 9.80. The van der Waals surface area contributed by atoms with Crippen LogP contribution in [0, 0.1) is 5.41 Å². The molecule has 1 unspecified atom stereocenters. The lowest BCUT2D eigenvalue weighted by Gasteiger charge is -2.30. The Balaban J connectivity index is 2.70. The fourth-order valence-electron chi connectivity index (χ4n) is 1.42. The number of hydrogen-bond acceptors (Lipinski definition) is 1. The van der Waals surface area contributed by atoms with Crippen molar-refractivity contribution < 1.29 is 5.11 Å². The molecule has 2 heteroatoms. The Bertz CT molecular complexity index is 161. The number of halogens is 1. The summed E-state index contributed by atoms with van der Waals surface area (Å²) < 4.78 is 1.14. The molecule has 0 saturated heterocycles. The highest BCUT2D eigenvalue weighted by Crippen LogP contribution is 2.37. The molecule has 0 aromatic carbocycles. The standard InChI is InChI=1S/C8H13BrO/c1-8(2)4-6(9)3-7(10)5-8/h3,7,10H,4-5H2,1-2H3. The second kappa shape index (κ2) is 2.67. The summed E-state index contributed by atoms with van der Waals surface area (Å²) in [5, 5.41) is 9.31.